The van der Waals surface area contributed by atoms with Crippen molar-refractivity contribution in [3.05, 3.63) is 48.2 Å². The van der Waals surface area contributed by atoms with Crippen molar-refractivity contribution in [3.8, 4) is 0 Å². The van der Waals surface area contributed by atoms with Crippen LogP contribution in [0, 0.1) is 0 Å². The molecular weight excluding hydrogens is 318 g/mol. The van der Waals surface area contributed by atoms with Gasteiger partial charge in [0.15, 0.2) is 5.82 Å². The van der Waals surface area contributed by atoms with Crippen LogP contribution in [0.3, 0.4) is 0 Å². The van der Waals surface area contributed by atoms with Crippen molar-refractivity contribution in [2.45, 2.75) is 44.9 Å². The summed E-state index contributed by atoms with van der Waals surface area (Å²) < 4.78 is 13.1. The van der Waals surface area contributed by atoms with Crippen molar-refractivity contribution < 1.29 is 14.3 Å². The molecule has 0 unspecified atom stereocenters. The van der Waals surface area contributed by atoms with Gasteiger partial charge in [-0.05, 0) is 31.7 Å². The fourth-order valence-corrected chi connectivity index (χ4v) is 2.78. The maximum absolute atomic E-state index is 12.2. The van der Waals surface area contributed by atoms with Crippen LogP contribution in [0.4, 0.5) is 5.82 Å². The summed E-state index contributed by atoms with van der Waals surface area (Å²) in [6.07, 6.45) is 4.69. The van der Waals surface area contributed by atoms with E-state index in [9.17, 15) is 4.79 Å². The van der Waals surface area contributed by atoms with E-state index in [2.05, 4.69) is 10.4 Å². The summed E-state index contributed by atoms with van der Waals surface area (Å²) in [7, 11) is 0. The van der Waals surface area contributed by atoms with Gasteiger partial charge < -0.3 is 14.8 Å². The minimum atomic E-state index is -0.537. The van der Waals surface area contributed by atoms with E-state index in [-0.39, 0.29) is 12.0 Å². The van der Waals surface area contributed by atoms with Gasteiger partial charge >= 0.3 is 0 Å². The molecule has 0 bridgehead atoms. The second kappa shape index (κ2) is 8.78. The van der Waals surface area contributed by atoms with E-state index >= 15 is 0 Å². The largest absolute Gasteiger partial charge is 0.376 e. The van der Waals surface area contributed by atoms with Crippen molar-refractivity contribution in [1.82, 2.24) is 9.78 Å². The Balaban J connectivity index is 1.45. The minimum Gasteiger partial charge on any atom is -0.376 e. The van der Waals surface area contributed by atoms with Gasteiger partial charge in [-0.15, -0.1) is 0 Å². The molecule has 0 aliphatic carbocycles. The molecule has 25 heavy (non-hydrogen) atoms. The normalized spacial score (nSPS) is 18.7. The van der Waals surface area contributed by atoms with Gasteiger partial charge in [0.05, 0.1) is 19.3 Å². The van der Waals surface area contributed by atoms with Crippen molar-refractivity contribution in [3.63, 3.8) is 0 Å². The Morgan fingerprint density at radius 1 is 1.36 bits per heavy atom. The molecule has 1 aromatic carbocycles. The zero-order chi connectivity index (χ0) is 17.5. The molecule has 6 heteroatoms. The maximum Gasteiger partial charge on any atom is 0.254 e. The fraction of sp³-hybridized carbons (Fsp3) is 0.474. The molecular formula is C19H25N3O3. The third kappa shape index (κ3) is 5.41. The number of carbonyl (C=O) groups excluding carboxylic acids is 1. The average molecular weight is 343 g/mol. The first-order valence-electron chi connectivity index (χ1n) is 8.82. The lowest BCUT2D eigenvalue weighted by atomic mass is 10.1. The monoisotopic (exact) mass is 343 g/mol. The maximum atomic E-state index is 12.2. The summed E-state index contributed by atoms with van der Waals surface area (Å²) >= 11 is 0. The van der Waals surface area contributed by atoms with Crippen molar-refractivity contribution in [2.24, 2.45) is 0 Å². The lowest BCUT2D eigenvalue weighted by Crippen LogP contribution is -2.32. The highest BCUT2D eigenvalue weighted by molar-refractivity contribution is 5.92. The summed E-state index contributed by atoms with van der Waals surface area (Å²) in [5, 5.41) is 7.18. The molecule has 1 fully saturated rings. The molecule has 6 nitrogen and oxygen atoms in total. The van der Waals surface area contributed by atoms with E-state index in [0.717, 1.165) is 31.4 Å². The predicted molar refractivity (Wildman–Crippen MR) is 95.4 cm³/mol. The Kier molecular flexibility index (Phi) is 6.19. The van der Waals surface area contributed by atoms with E-state index < -0.39 is 6.10 Å². The summed E-state index contributed by atoms with van der Waals surface area (Å²) in [5.41, 5.74) is 1.16. The van der Waals surface area contributed by atoms with Crippen LogP contribution in [0.2, 0.25) is 0 Å². The van der Waals surface area contributed by atoms with E-state index in [1.807, 2.05) is 36.5 Å². The van der Waals surface area contributed by atoms with Crippen LogP contribution in [-0.4, -0.2) is 41.1 Å². The molecule has 0 radical (unpaired) electrons. The number of carbonyl (C=O) groups is 1. The Hall–Kier alpha value is -2.18. The number of anilines is 1. The number of aromatic nitrogens is 2. The summed E-state index contributed by atoms with van der Waals surface area (Å²) in [6, 6.07) is 11.9. The number of benzene rings is 1. The number of rotatable bonds is 7. The standard InChI is InChI=1S/C19H25N3O3/c1-15(25-14-17-9-5-6-12-24-17)19(23)20-18-10-11-22(21-18)13-16-7-3-2-4-8-16/h2-4,7-8,10-11,15,17H,5-6,9,12-14H2,1H3,(H,20,21,23)/t15-,17-/m0/s1. The Labute approximate surface area is 148 Å². The third-order valence-electron chi connectivity index (χ3n) is 4.25. The highest BCUT2D eigenvalue weighted by Crippen LogP contribution is 2.14. The van der Waals surface area contributed by atoms with Crippen LogP contribution >= 0.6 is 0 Å². The van der Waals surface area contributed by atoms with Gasteiger partial charge in [0, 0.05) is 18.9 Å². The lowest BCUT2D eigenvalue weighted by Gasteiger charge is -2.23. The average Bonchev–Trinajstić information content (AvgIpc) is 3.08. The van der Waals surface area contributed by atoms with Gasteiger partial charge in [0.1, 0.15) is 6.10 Å². The predicted octanol–water partition coefficient (Wildman–Crippen LogP) is 2.84. The molecule has 2 heterocycles. The lowest BCUT2D eigenvalue weighted by molar-refractivity contribution is -0.130. The van der Waals surface area contributed by atoms with Crippen LogP contribution in [0.5, 0.6) is 0 Å². The first kappa shape index (κ1) is 17.6. The summed E-state index contributed by atoms with van der Waals surface area (Å²) in [4.78, 5) is 12.2. The highest BCUT2D eigenvalue weighted by Gasteiger charge is 2.19. The first-order valence-corrected chi connectivity index (χ1v) is 8.82. The fourth-order valence-electron chi connectivity index (χ4n) is 2.78. The SMILES string of the molecule is C[C@H](OC[C@@H]1CCCCO1)C(=O)Nc1ccn(Cc2ccccc2)n1. The van der Waals surface area contributed by atoms with Gasteiger partial charge in [0.25, 0.3) is 5.91 Å². The van der Waals surface area contributed by atoms with Crippen LogP contribution in [-0.2, 0) is 20.8 Å². The van der Waals surface area contributed by atoms with Crippen LogP contribution < -0.4 is 5.32 Å². The summed E-state index contributed by atoms with van der Waals surface area (Å²) in [6.45, 7) is 3.66. The number of ether oxygens (including phenoxy) is 2. The molecule has 0 saturated carbocycles. The van der Waals surface area contributed by atoms with E-state index in [4.69, 9.17) is 9.47 Å². The molecule has 3 rings (SSSR count). The highest BCUT2D eigenvalue weighted by atomic mass is 16.5. The zero-order valence-electron chi connectivity index (χ0n) is 14.6. The van der Waals surface area contributed by atoms with Gasteiger partial charge in [0.2, 0.25) is 0 Å². The van der Waals surface area contributed by atoms with Crippen LogP contribution in [0.15, 0.2) is 42.6 Å². The summed E-state index contributed by atoms with van der Waals surface area (Å²) in [5.74, 6) is 0.339. The Morgan fingerprint density at radius 2 is 2.20 bits per heavy atom. The van der Waals surface area contributed by atoms with Crippen LogP contribution in [0.1, 0.15) is 31.7 Å². The molecule has 1 N–H and O–H groups in total. The van der Waals surface area contributed by atoms with E-state index in [1.165, 1.54) is 0 Å². The molecule has 1 saturated heterocycles. The minimum absolute atomic E-state index is 0.106. The van der Waals surface area contributed by atoms with Crippen molar-refractivity contribution in [1.29, 1.82) is 0 Å². The molecule has 2 atom stereocenters. The van der Waals surface area contributed by atoms with Gasteiger partial charge in [-0.3, -0.25) is 9.48 Å². The second-order valence-electron chi connectivity index (χ2n) is 6.34. The van der Waals surface area contributed by atoms with Crippen molar-refractivity contribution >= 4 is 11.7 Å². The smallest absolute Gasteiger partial charge is 0.254 e. The molecule has 134 valence electrons. The molecule has 1 aliphatic rings. The zero-order valence-corrected chi connectivity index (χ0v) is 14.6. The number of amides is 1. The number of nitrogens with zero attached hydrogens (tertiary/aromatic N) is 2. The number of hydrogen-bond donors (Lipinski definition) is 1. The number of nitrogens with one attached hydrogen (secondary N) is 1. The van der Waals surface area contributed by atoms with Gasteiger partial charge in [-0.1, -0.05) is 30.3 Å². The molecule has 2 aromatic rings. The van der Waals surface area contributed by atoms with Crippen LogP contribution in [0.25, 0.3) is 0 Å². The topological polar surface area (TPSA) is 65.4 Å². The third-order valence-corrected chi connectivity index (χ3v) is 4.25. The molecule has 1 amide bonds. The number of hydrogen-bond acceptors (Lipinski definition) is 4. The second-order valence-corrected chi connectivity index (χ2v) is 6.34. The Bertz CT molecular complexity index is 666. The molecule has 0 spiro atoms. The first-order chi connectivity index (χ1) is 12.2. The van der Waals surface area contributed by atoms with Gasteiger partial charge in [-0.2, -0.15) is 5.10 Å². The Morgan fingerprint density at radius 3 is 2.96 bits per heavy atom. The molecule has 1 aliphatic heterocycles. The van der Waals surface area contributed by atoms with Gasteiger partial charge in [-0.25, -0.2) is 0 Å². The van der Waals surface area contributed by atoms with Crippen molar-refractivity contribution in [2.75, 3.05) is 18.5 Å². The van der Waals surface area contributed by atoms with E-state index in [0.29, 0.717) is 19.0 Å². The van der Waals surface area contributed by atoms with E-state index in [1.54, 1.807) is 17.7 Å². The molecule has 1 aromatic heterocycles. The quantitative estimate of drug-likeness (QED) is 0.839.